The van der Waals surface area contributed by atoms with Gasteiger partial charge in [-0.15, -0.1) is 0 Å². The highest BCUT2D eigenvalue weighted by molar-refractivity contribution is 6.33. The molecule has 21 heavy (non-hydrogen) atoms. The Morgan fingerprint density at radius 3 is 2.29 bits per heavy atom. The van der Waals surface area contributed by atoms with Gasteiger partial charge in [0.15, 0.2) is 5.57 Å². The van der Waals surface area contributed by atoms with Crippen LogP contribution in [0.25, 0.3) is 0 Å². The fourth-order valence-corrected chi connectivity index (χ4v) is 1.69. The SMILES string of the molecule is CCOC(=O)C(=CNc1cc(C)ccc1Cl)C(=O)OCC. The second-order valence-electron chi connectivity index (χ2n) is 4.13. The van der Waals surface area contributed by atoms with Crippen LogP contribution in [-0.2, 0) is 19.1 Å². The van der Waals surface area contributed by atoms with Gasteiger partial charge in [0.1, 0.15) is 0 Å². The van der Waals surface area contributed by atoms with Gasteiger partial charge in [-0.05, 0) is 38.5 Å². The number of esters is 2. The third kappa shape index (κ3) is 5.11. The Bertz CT molecular complexity index is 535. The molecular weight excluding hydrogens is 294 g/mol. The lowest BCUT2D eigenvalue weighted by Crippen LogP contribution is -2.19. The predicted molar refractivity (Wildman–Crippen MR) is 81.2 cm³/mol. The Morgan fingerprint density at radius 1 is 1.19 bits per heavy atom. The van der Waals surface area contributed by atoms with E-state index in [2.05, 4.69) is 5.32 Å². The van der Waals surface area contributed by atoms with E-state index in [1.807, 2.05) is 13.0 Å². The van der Waals surface area contributed by atoms with Crippen molar-refractivity contribution in [2.45, 2.75) is 20.8 Å². The molecule has 0 aliphatic heterocycles. The van der Waals surface area contributed by atoms with Crippen molar-refractivity contribution in [1.29, 1.82) is 0 Å². The fraction of sp³-hybridized carbons (Fsp3) is 0.333. The number of nitrogens with one attached hydrogen (secondary N) is 1. The van der Waals surface area contributed by atoms with Crippen LogP contribution in [0.2, 0.25) is 5.02 Å². The van der Waals surface area contributed by atoms with E-state index in [0.717, 1.165) is 5.56 Å². The lowest BCUT2D eigenvalue weighted by Gasteiger charge is -2.09. The topological polar surface area (TPSA) is 64.6 Å². The number of aryl methyl sites for hydroxylation is 1. The van der Waals surface area contributed by atoms with Gasteiger partial charge in [-0.3, -0.25) is 0 Å². The van der Waals surface area contributed by atoms with E-state index in [1.165, 1.54) is 6.20 Å². The van der Waals surface area contributed by atoms with Crippen LogP contribution in [-0.4, -0.2) is 25.2 Å². The quantitative estimate of drug-likeness (QED) is 0.378. The lowest BCUT2D eigenvalue weighted by atomic mass is 10.2. The Kier molecular flexibility index (Phi) is 6.75. The van der Waals surface area contributed by atoms with E-state index in [9.17, 15) is 9.59 Å². The summed E-state index contributed by atoms with van der Waals surface area (Å²) in [6.45, 7) is 5.56. The van der Waals surface area contributed by atoms with E-state index in [1.54, 1.807) is 26.0 Å². The Hall–Kier alpha value is -2.01. The molecule has 0 saturated heterocycles. The summed E-state index contributed by atoms with van der Waals surface area (Å²) in [6, 6.07) is 5.38. The molecular formula is C15H18ClNO4. The minimum absolute atomic E-state index is 0.167. The molecule has 0 aliphatic carbocycles. The smallest absolute Gasteiger partial charge is 0.347 e. The molecule has 5 nitrogen and oxygen atoms in total. The first kappa shape index (κ1) is 17.0. The number of carbonyl (C=O) groups excluding carboxylic acids is 2. The Labute approximate surface area is 128 Å². The summed E-state index contributed by atoms with van der Waals surface area (Å²) in [7, 11) is 0. The molecule has 0 bridgehead atoms. The third-order valence-corrected chi connectivity index (χ3v) is 2.81. The summed E-state index contributed by atoms with van der Waals surface area (Å²) in [4.78, 5) is 23.5. The van der Waals surface area contributed by atoms with Gasteiger partial charge in [0.2, 0.25) is 0 Å². The van der Waals surface area contributed by atoms with Gasteiger partial charge in [-0.2, -0.15) is 0 Å². The summed E-state index contributed by atoms with van der Waals surface area (Å²) in [5, 5.41) is 3.31. The minimum atomic E-state index is -0.743. The van der Waals surface area contributed by atoms with Gasteiger partial charge >= 0.3 is 11.9 Å². The number of benzene rings is 1. The molecule has 0 unspecified atom stereocenters. The van der Waals surface area contributed by atoms with Gasteiger partial charge < -0.3 is 14.8 Å². The summed E-state index contributed by atoms with van der Waals surface area (Å²) in [5.74, 6) is -1.49. The van der Waals surface area contributed by atoms with Crippen molar-refractivity contribution in [3.8, 4) is 0 Å². The first-order valence-corrected chi connectivity index (χ1v) is 6.94. The van der Waals surface area contributed by atoms with Gasteiger partial charge in [-0.1, -0.05) is 17.7 Å². The Morgan fingerprint density at radius 2 is 1.76 bits per heavy atom. The first-order chi connectivity index (χ1) is 9.99. The molecule has 1 rings (SSSR count). The molecule has 0 heterocycles. The van der Waals surface area contributed by atoms with Crippen LogP contribution in [0.5, 0.6) is 0 Å². The van der Waals surface area contributed by atoms with E-state index >= 15 is 0 Å². The second-order valence-corrected chi connectivity index (χ2v) is 4.53. The highest BCUT2D eigenvalue weighted by Gasteiger charge is 2.21. The molecule has 0 aromatic heterocycles. The fourth-order valence-electron chi connectivity index (χ4n) is 1.52. The number of carbonyl (C=O) groups is 2. The van der Waals surface area contributed by atoms with Crippen molar-refractivity contribution in [2.75, 3.05) is 18.5 Å². The standard InChI is InChI=1S/C15H18ClNO4/c1-4-20-14(18)11(15(19)21-5-2)9-17-13-8-10(3)6-7-12(13)16/h6-9,17H,4-5H2,1-3H3. The van der Waals surface area contributed by atoms with Crippen molar-refractivity contribution in [2.24, 2.45) is 0 Å². The molecule has 0 amide bonds. The van der Waals surface area contributed by atoms with Crippen molar-refractivity contribution < 1.29 is 19.1 Å². The van der Waals surface area contributed by atoms with E-state index < -0.39 is 11.9 Å². The number of hydrogen-bond acceptors (Lipinski definition) is 5. The average molecular weight is 312 g/mol. The molecule has 114 valence electrons. The summed E-state index contributed by atoms with van der Waals surface area (Å²) in [5.41, 5.74) is 1.36. The molecule has 1 N–H and O–H groups in total. The maximum Gasteiger partial charge on any atom is 0.347 e. The lowest BCUT2D eigenvalue weighted by molar-refractivity contribution is -0.146. The normalized spacial score (nSPS) is 9.71. The number of halogens is 1. The predicted octanol–water partition coefficient (Wildman–Crippen LogP) is 3.07. The van der Waals surface area contributed by atoms with E-state index in [0.29, 0.717) is 10.7 Å². The Balaban J connectivity index is 2.99. The van der Waals surface area contributed by atoms with Crippen LogP contribution >= 0.6 is 11.6 Å². The zero-order chi connectivity index (χ0) is 15.8. The number of ether oxygens (including phenoxy) is 2. The molecule has 1 aromatic carbocycles. The maximum atomic E-state index is 11.8. The number of rotatable bonds is 6. The molecule has 0 spiro atoms. The van der Waals surface area contributed by atoms with Crippen LogP contribution in [0, 0.1) is 6.92 Å². The van der Waals surface area contributed by atoms with Crippen LogP contribution in [0.4, 0.5) is 5.69 Å². The average Bonchev–Trinajstić information content (AvgIpc) is 2.43. The van der Waals surface area contributed by atoms with Crippen molar-refractivity contribution in [3.05, 3.63) is 40.6 Å². The van der Waals surface area contributed by atoms with Crippen LogP contribution in [0.15, 0.2) is 30.0 Å². The van der Waals surface area contributed by atoms with Crippen molar-refractivity contribution >= 4 is 29.2 Å². The van der Waals surface area contributed by atoms with Crippen LogP contribution in [0.1, 0.15) is 19.4 Å². The van der Waals surface area contributed by atoms with Gasteiger partial charge in [0, 0.05) is 6.20 Å². The molecule has 0 saturated carbocycles. The highest BCUT2D eigenvalue weighted by Crippen LogP contribution is 2.23. The zero-order valence-corrected chi connectivity index (χ0v) is 13.0. The van der Waals surface area contributed by atoms with Gasteiger partial charge in [0.05, 0.1) is 23.9 Å². The summed E-state index contributed by atoms with van der Waals surface area (Å²) >= 11 is 6.04. The molecule has 1 aromatic rings. The monoisotopic (exact) mass is 311 g/mol. The van der Waals surface area contributed by atoms with Crippen molar-refractivity contribution in [1.82, 2.24) is 0 Å². The summed E-state index contributed by atoms with van der Waals surface area (Å²) < 4.78 is 9.67. The molecule has 0 radical (unpaired) electrons. The molecule has 0 fully saturated rings. The summed E-state index contributed by atoms with van der Waals surface area (Å²) in [6.07, 6.45) is 1.25. The minimum Gasteiger partial charge on any atom is -0.462 e. The first-order valence-electron chi connectivity index (χ1n) is 6.56. The second kappa shape index (κ2) is 8.32. The zero-order valence-electron chi connectivity index (χ0n) is 12.2. The molecule has 0 atom stereocenters. The van der Waals surface area contributed by atoms with Crippen molar-refractivity contribution in [3.63, 3.8) is 0 Å². The molecule has 6 heteroatoms. The number of anilines is 1. The highest BCUT2D eigenvalue weighted by atomic mass is 35.5. The molecule has 0 aliphatic rings. The largest absolute Gasteiger partial charge is 0.462 e. The van der Waals surface area contributed by atoms with Crippen LogP contribution in [0.3, 0.4) is 0 Å². The maximum absolute atomic E-state index is 11.8. The van der Waals surface area contributed by atoms with E-state index in [-0.39, 0.29) is 18.8 Å². The van der Waals surface area contributed by atoms with Crippen LogP contribution < -0.4 is 5.32 Å². The van der Waals surface area contributed by atoms with E-state index in [4.69, 9.17) is 21.1 Å². The van der Waals surface area contributed by atoms with Gasteiger partial charge in [0.25, 0.3) is 0 Å². The third-order valence-electron chi connectivity index (χ3n) is 2.48. The number of hydrogen-bond donors (Lipinski definition) is 1. The van der Waals surface area contributed by atoms with Gasteiger partial charge in [-0.25, -0.2) is 9.59 Å².